The first kappa shape index (κ1) is 29.1. The molecule has 1 aliphatic heterocycles. The van der Waals surface area contributed by atoms with Gasteiger partial charge in [-0.3, -0.25) is 10.0 Å². The number of hydrogen-bond donors (Lipinski definition) is 2. The fraction of sp³-hybridized carbons (Fsp3) is 0.952. The molecule has 1 saturated heterocycles. The van der Waals surface area contributed by atoms with Gasteiger partial charge in [0, 0.05) is 19.7 Å². The summed E-state index contributed by atoms with van der Waals surface area (Å²) in [7, 11) is -3.93. The summed E-state index contributed by atoms with van der Waals surface area (Å²) < 4.78 is 67.7. The lowest BCUT2D eigenvalue weighted by Gasteiger charge is -2.39. The van der Waals surface area contributed by atoms with Crippen LogP contribution in [0.3, 0.4) is 0 Å². The summed E-state index contributed by atoms with van der Waals surface area (Å²) in [4.78, 5) is 12.5. The Bertz CT molecular complexity index is 644. The van der Waals surface area contributed by atoms with Crippen molar-refractivity contribution in [3.8, 4) is 0 Å². The van der Waals surface area contributed by atoms with Crippen molar-refractivity contribution in [1.29, 1.82) is 0 Å². The van der Waals surface area contributed by atoms with Crippen molar-refractivity contribution in [2.75, 3.05) is 26.3 Å². The fourth-order valence-electron chi connectivity index (χ4n) is 4.43. The van der Waals surface area contributed by atoms with Crippen LogP contribution < -0.4 is 5.48 Å². The number of nitrogens with zero attached hydrogens (tertiary/aromatic N) is 1. The summed E-state index contributed by atoms with van der Waals surface area (Å²) >= 11 is 0. The Balaban J connectivity index is 2.47. The molecule has 0 radical (unpaired) electrons. The van der Waals surface area contributed by atoms with Crippen molar-refractivity contribution >= 4 is 15.9 Å². The Labute approximate surface area is 190 Å². The number of piperidine rings is 1. The number of unbranched alkanes of at least 4 members (excludes halogenated alkanes) is 2. The van der Waals surface area contributed by atoms with Gasteiger partial charge < -0.3 is 4.74 Å². The molecule has 0 spiro atoms. The second-order valence-electron chi connectivity index (χ2n) is 8.61. The van der Waals surface area contributed by atoms with Gasteiger partial charge in [0.2, 0.25) is 10.0 Å². The molecule has 0 aromatic carbocycles. The number of sulfonamides is 1. The lowest BCUT2D eigenvalue weighted by Crippen LogP contribution is -2.58. The number of amides is 1. The molecule has 0 saturated carbocycles. The zero-order chi connectivity index (χ0) is 24.3. The summed E-state index contributed by atoms with van der Waals surface area (Å²) in [5, 5.41) is 9.21. The Morgan fingerprint density at radius 2 is 1.62 bits per heavy atom. The number of ether oxygens (including phenoxy) is 1. The van der Waals surface area contributed by atoms with Crippen molar-refractivity contribution in [1.82, 2.24) is 9.79 Å². The Morgan fingerprint density at radius 3 is 2.12 bits per heavy atom. The predicted octanol–water partition coefficient (Wildman–Crippen LogP) is 4.40. The number of halogens is 3. The minimum atomic E-state index is -4.18. The number of carbonyl (C=O) groups is 1. The molecular formula is C21H39F3N2O5S. The van der Waals surface area contributed by atoms with E-state index in [4.69, 9.17) is 4.74 Å². The standard InChI is InChI=1S/C21H39F3N2O5S/c1-3-11-20(12-4-2,19(27)25-28)32(29,30)26-14-9-18(10-15-26)8-6-5-7-16-31-17-13-21(22,23)24/h18,28H,3-17H2,1-2H3,(H,25,27). The van der Waals surface area contributed by atoms with Gasteiger partial charge in [-0.1, -0.05) is 46.0 Å². The van der Waals surface area contributed by atoms with Crippen LogP contribution in [0.4, 0.5) is 13.2 Å². The van der Waals surface area contributed by atoms with Crippen molar-refractivity contribution in [2.45, 2.75) is 95.4 Å². The zero-order valence-electron chi connectivity index (χ0n) is 19.3. The van der Waals surface area contributed by atoms with E-state index in [0.717, 1.165) is 19.3 Å². The molecule has 32 heavy (non-hydrogen) atoms. The van der Waals surface area contributed by atoms with Gasteiger partial charge in [0.05, 0.1) is 13.0 Å². The SMILES string of the molecule is CCCC(CCC)(C(=O)NO)S(=O)(=O)N1CCC(CCCCCOCCC(F)(F)F)CC1. The van der Waals surface area contributed by atoms with Gasteiger partial charge >= 0.3 is 6.18 Å². The molecule has 11 heteroatoms. The molecule has 0 bridgehead atoms. The van der Waals surface area contributed by atoms with Crippen molar-refractivity contribution < 1.29 is 36.3 Å². The molecular weight excluding hydrogens is 449 g/mol. The van der Waals surface area contributed by atoms with Crippen LogP contribution in [0.5, 0.6) is 0 Å². The van der Waals surface area contributed by atoms with Gasteiger partial charge in [0.15, 0.2) is 4.75 Å². The third kappa shape index (κ3) is 8.46. The van der Waals surface area contributed by atoms with Crippen LogP contribution in [-0.4, -0.2) is 61.1 Å². The van der Waals surface area contributed by atoms with Crippen molar-refractivity contribution in [3.05, 3.63) is 0 Å². The van der Waals surface area contributed by atoms with Gasteiger partial charge in [-0.2, -0.15) is 13.2 Å². The first-order valence-electron chi connectivity index (χ1n) is 11.6. The lowest BCUT2D eigenvalue weighted by molar-refractivity contribution is -0.145. The van der Waals surface area contributed by atoms with E-state index < -0.39 is 33.3 Å². The molecule has 1 rings (SSSR count). The van der Waals surface area contributed by atoms with Gasteiger partial charge in [-0.05, 0) is 38.0 Å². The number of nitrogens with one attached hydrogen (secondary N) is 1. The number of hydroxylamine groups is 1. The third-order valence-electron chi connectivity index (χ3n) is 6.16. The van der Waals surface area contributed by atoms with E-state index in [1.54, 1.807) is 5.48 Å². The van der Waals surface area contributed by atoms with E-state index >= 15 is 0 Å². The average Bonchev–Trinajstić information content (AvgIpc) is 2.74. The van der Waals surface area contributed by atoms with E-state index in [-0.39, 0.29) is 19.4 Å². The molecule has 7 nitrogen and oxygen atoms in total. The van der Waals surface area contributed by atoms with Crippen molar-refractivity contribution in [2.24, 2.45) is 5.92 Å². The first-order valence-corrected chi connectivity index (χ1v) is 13.1. The van der Waals surface area contributed by atoms with Crippen molar-refractivity contribution in [3.63, 3.8) is 0 Å². The Hall–Kier alpha value is -0.910. The quantitative estimate of drug-likeness (QED) is 0.202. The summed E-state index contributed by atoms with van der Waals surface area (Å²) in [6.07, 6.45) is 1.03. The molecule has 2 N–H and O–H groups in total. The second kappa shape index (κ2) is 13.7. The molecule has 1 amide bonds. The molecule has 190 valence electrons. The maximum atomic E-state index is 13.4. The maximum Gasteiger partial charge on any atom is 0.391 e. The van der Waals surface area contributed by atoms with Gasteiger partial charge in [0.1, 0.15) is 0 Å². The van der Waals surface area contributed by atoms with Crippen LogP contribution >= 0.6 is 0 Å². The number of rotatable bonds is 15. The number of carbonyl (C=O) groups excluding carboxylic acids is 1. The van der Waals surface area contributed by atoms with E-state index in [0.29, 0.717) is 57.7 Å². The Kier molecular flexibility index (Phi) is 12.5. The monoisotopic (exact) mass is 488 g/mol. The highest BCUT2D eigenvalue weighted by atomic mass is 32.2. The predicted molar refractivity (Wildman–Crippen MR) is 116 cm³/mol. The summed E-state index contributed by atoms with van der Waals surface area (Å²) in [6, 6.07) is 0. The van der Waals surface area contributed by atoms with Gasteiger partial charge in [-0.15, -0.1) is 0 Å². The van der Waals surface area contributed by atoms with Gasteiger partial charge in [-0.25, -0.2) is 18.2 Å². The molecule has 1 heterocycles. The average molecular weight is 489 g/mol. The highest BCUT2D eigenvalue weighted by Gasteiger charge is 2.52. The normalized spacial score (nSPS) is 16.9. The molecule has 0 aromatic heterocycles. The van der Waals surface area contributed by atoms with E-state index in [2.05, 4.69) is 0 Å². The largest absolute Gasteiger partial charge is 0.391 e. The topological polar surface area (TPSA) is 95.9 Å². The van der Waals surface area contributed by atoms with E-state index in [1.165, 1.54) is 4.31 Å². The smallest absolute Gasteiger partial charge is 0.381 e. The molecule has 1 fully saturated rings. The first-order chi connectivity index (χ1) is 15.0. The third-order valence-corrected chi connectivity index (χ3v) is 8.79. The van der Waals surface area contributed by atoms with Crippen LogP contribution in [0.15, 0.2) is 0 Å². The maximum absolute atomic E-state index is 13.4. The van der Waals surface area contributed by atoms with E-state index in [9.17, 15) is 31.6 Å². The van der Waals surface area contributed by atoms with Crippen LogP contribution in [0, 0.1) is 5.92 Å². The van der Waals surface area contributed by atoms with Crippen LogP contribution in [-0.2, 0) is 19.6 Å². The highest BCUT2D eigenvalue weighted by molar-refractivity contribution is 7.91. The summed E-state index contributed by atoms with van der Waals surface area (Å²) in [5.74, 6) is -0.480. The molecule has 0 atom stereocenters. The van der Waals surface area contributed by atoms with Crippen LogP contribution in [0.1, 0.15) is 84.5 Å². The number of alkyl halides is 3. The molecule has 0 unspecified atom stereocenters. The minimum Gasteiger partial charge on any atom is -0.381 e. The Morgan fingerprint density at radius 1 is 1.03 bits per heavy atom. The van der Waals surface area contributed by atoms with E-state index in [1.807, 2.05) is 13.8 Å². The number of hydrogen-bond acceptors (Lipinski definition) is 5. The zero-order valence-corrected chi connectivity index (χ0v) is 20.1. The fourth-order valence-corrected chi connectivity index (χ4v) is 6.82. The molecule has 0 aromatic rings. The van der Waals surface area contributed by atoms with Crippen LogP contribution in [0.2, 0.25) is 0 Å². The molecule has 1 aliphatic rings. The lowest BCUT2D eigenvalue weighted by atomic mass is 9.92. The second-order valence-corrected chi connectivity index (χ2v) is 10.9. The highest BCUT2D eigenvalue weighted by Crippen LogP contribution is 2.35. The summed E-state index contributed by atoms with van der Waals surface area (Å²) in [5.41, 5.74) is 1.58. The van der Waals surface area contributed by atoms with Crippen LogP contribution in [0.25, 0.3) is 0 Å². The minimum absolute atomic E-state index is 0.153. The summed E-state index contributed by atoms with van der Waals surface area (Å²) in [6.45, 7) is 4.35. The molecule has 0 aliphatic carbocycles. The van der Waals surface area contributed by atoms with Gasteiger partial charge in [0.25, 0.3) is 5.91 Å².